The third kappa shape index (κ3) is 3.86. The topological polar surface area (TPSA) is 54.0 Å². The van der Waals surface area contributed by atoms with Crippen molar-refractivity contribution in [1.82, 2.24) is 10.3 Å². The van der Waals surface area contributed by atoms with Crippen LogP contribution in [0.3, 0.4) is 0 Å². The van der Waals surface area contributed by atoms with E-state index in [0.29, 0.717) is 17.2 Å². The van der Waals surface area contributed by atoms with Crippen LogP contribution in [0.15, 0.2) is 36.5 Å². The number of nitrogens with one attached hydrogen (secondary N) is 2. The summed E-state index contributed by atoms with van der Waals surface area (Å²) in [5.74, 6) is -0.381. The van der Waals surface area contributed by atoms with Crippen molar-refractivity contribution >= 4 is 23.2 Å². The van der Waals surface area contributed by atoms with Gasteiger partial charge in [0.05, 0.1) is 0 Å². The molecule has 6 heteroatoms. The Kier molecular flexibility index (Phi) is 4.88. The van der Waals surface area contributed by atoms with Crippen LogP contribution in [0.1, 0.15) is 34.7 Å². The molecule has 1 amide bonds. The molecule has 0 aliphatic carbocycles. The Hall–Kier alpha value is -1.98. The second-order valence-corrected chi connectivity index (χ2v) is 5.96. The second kappa shape index (κ2) is 7.06. The molecule has 2 N–H and O–H groups in total. The number of nitrogens with zero attached hydrogens (tertiary/aromatic N) is 1. The van der Waals surface area contributed by atoms with Gasteiger partial charge in [0.2, 0.25) is 0 Å². The SMILES string of the molecule is O=C(Nc1cc(F)ccc1C1CCNCC1)c1ccnc(Cl)c1. The molecule has 1 aliphatic heterocycles. The average molecular weight is 334 g/mol. The van der Waals surface area contributed by atoms with E-state index < -0.39 is 0 Å². The smallest absolute Gasteiger partial charge is 0.255 e. The van der Waals surface area contributed by atoms with Gasteiger partial charge in [-0.2, -0.15) is 0 Å². The highest BCUT2D eigenvalue weighted by Crippen LogP contribution is 2.32. The number of halogens is 2. The van der Waals surface area contributed by atoms with Crippen molar-refractivity contribution in [3.05, 3.63) is 58.6 Å². The minimum atomic E-state index is -0.370. The Morgan fingerprint density at radius 2 is 2.04 bits per heavy atom. The third-order valence-electron chi connectivity index (χ3n) is 4.03. The number of aromatic nitrogens is 1. The van der Waals surface area contributed by atoms with Gasteiger partial charge in [-0.15, -0.1) is 0 Å². The zero-order valence-corrected chi connectivity index (χ0v) is 13.2. The molecule has 120 valence electrons. The summed E-state index contributed by atoms with van der Waals surface area (Å²) in [5, 5.41) is 6.36. The monoisotopic (exact) mass is 333 g/mol. The van der Waals surface area contributed by atoms with Crippen LogP contribution in [0.2, 0.25) is 5.15 Å². The van der Waals surface area contributed by atoms with Crippen molar-refractivity contribution in [1.29, 1.82) is 0 Å². The van der Waals surface area contributed by atoms with Crippen molar-refractivity contribution < 1.29 is 9.18 Å². The highest BCUT2D eigenvalue weighted by Gasteiger charge is 2.20. The summed E-state index contributed by atoms with van der Waals surface area (Å²) in [7, 11) is 0. The van der Waals surface area contributed by atoms with Crippen LogP contribution in [0.4, 0.5) is 10.1 Å². The molecule has 0 saturated carbocycles. The number of benzene rings is 1. The molecule has 2 heterocycles. The van der Waals surface area contributed by atoms with Crippen LogP contribution >= 0.6 is 11.6 Å². The fourth-order valence-electron chi connectivity index (χ4n) is 2.86. The molecule has 0 radical (unpaired) electrons. The number of carbonyl (C=O) groups is 1. The van der Waals surface area contributed by atoms with E-state index in [1.54, 1.807) is 12.1 Å². The first kappa shape index (κ1) is 15.9. The van der Waals surface area contributed by atoms with Crippen molar-refractivity contribution in [3.63, 3.8) is 0 Å². The summed E-state index contributed by atoms with van der Waals surface area (Å²) >= 11 is 5.81. The van der Waals surface area contributed by atoms with E-state index >= 15 is 0 Å². The molecular weight excluding hydrogens is 317 g/mol. The molecule has 1 aromatic carbocycles. The van der Waals surface area contributed by atoms with Crippen LogP contribution in [0, 0.1) is 5.82 Å². The minimum Gasteiger partial charge on any atom is -0.322 e. The van der Waals surface area contributed by atoms with E-state index in [9.17, 15) is 9.18 Å². The molecule has 2 aromatic rings. The summed E-state index contributed by atoms with van der Waals surface area (Å²) in [5.41, 5.74) is 1.89. The van der Waals surface area contributed by atoms with Gasteiger partial charge in [0, 0.05) is 17.4 Å². The molecule has 0 unspecified atom stereocenters. The number of hydrogen-bond donors (Lipinski definition) is 2. The van der Waals surface area contributed by atoms with E-state index in [4.69, 9.17) is 11.6 Å². The summed E-state index contributed by atoms with van der Waals surface area (Å²) < 4.78 is 13.6. The Morgan fingerprint density at radius 3 is 2.78 bits per heavy atom. The van der Waals surface area contributed by atoms with E-state index in [-0.39, 0.29) is 16.9 Å². The quantitative estimate of drug-likeness (QED) is 0.844. The normalized spacial score (nSPS) is 15.4. The van der Waals surface area contributed by atoms with Crippen molar-refractivity contribution in [2.24, 2.45) is 0 Å². The predicted octanol–water partition coefficient (Wildman–Crippen LogP) is 3.59. The Balaban J connectivity index is 1.86. The summed E-state index contributed by atoms with van der Waals surface area (Å²) in [6.07, 6.45) is 3.40. The zero-order valence-electron chi connectivity index (χ0n) is 12.5. The fraction of sp³-hybridized carbons (Fsp3) is 0.294. The van der Waals surface area contributed by atoms with Gasteiger partial charge >= 0.3 is 0 Å². The Labute approximate surface area is 139 Å². The first-order valence-electron chi connectivity index (χ1n) is 7.56. The van der Waals surface area contributed by atoms with Crippen molar-refractivity contribution in [3.8, 4) is 0 Å². The molecule has 0 atom stereocenters. The lowest BCUT2D eigenvalue weighted by Crippen LogP contribution is -2.27. The lowest BCUT2D eigenvalue weighted by Gasteiger charge is -2.25. The number of carbonyl (C=O) groups excluding carboxylic acids is 1. The first-order chi connectivity index (χ1) is 11.1. The van der Waals surface area contributed by atoms with Crippen LogP contribution in [-0.2, 0) is 0 Å². The number of hydrogen-bond acceptors (Lipinski definition) is 3. The highest BCUT2D eigenvalue weighted by atomic mass is 35.5. The molecule has 0 bridgehead atoms. The Morgan fingerprint density at radius 1 is 1.26 bits per heavy atom. The molecule has 1 fully saturated rings. The molecule has 1 saturated heterocycles. The maximum atomic E-state index is 13.6. The number of piperidine rings is 1. The molecular formula is C17H17ClFN3O. The maximum Gasteiger partial charge on any atom is 0.255 e. The lowest BCUT2D eigenvalue weighted by atomic mass is 9.89. The predicted molar refractivity (Wildman–Crippen MR) is 88.4 cm³/mol. The van der Waals surface area contributed by atoms with Gasteiger partial charge in [-0.25, -0.2) is 9.37 Å². The number of pyridine rings is 1. The van der Waals surface area contributed by atoms with E-state index in [2.05, 4.69) is 15.6 Å². The summed E-state index contributed by atoms with van der Waals surface area (Å²) in [4.78, 5) is 16.2. The van der Waals surface area contributed by atoms with Gasteiger partial charge < -0.3 is 10.6 Å². The van der Waals surface area contributed by atoms with Crippen LogP contribution in [0.25, 0.3) is 0 Å². The van der Waals surface area contributed by atoms with E-state index in [0.717, 1.165) is 31.5 Å². The summed E-state index contributed by atoms with van der Waals surface area (Å²) in [6, 6.07) is 7.64. The molecule has 1 aliphatic rings. The minimum absolute atomic E-state index is 0.246. The van der Waals surface area contributed by atoms with Gasteiger partial charge in [0.15, 0.2) is 0 Å². The van der Waals surface area contributed by atoms with E-state index in [1.807, 2.05) is 0 Å². The first-order valence-corrected chi connectivity index (χ1v) is 7.94. The molecule has 0 spiro atoms. The summed E-state index contributed by atoms with van der Waals surface area (Å²) in [6.45, 7) is 1.85. The Bertz CT molecular complexity index is 717. The molecule has 3 rings (SSSR count). The van der Waals surface area contributed by atoms with Gasteiger partial charge in [-0.3, -0.25) is 4.79 Å². The fourth-order valence-corrected chi connectivity index (χ4v) is 3.04. The number of rotatable bonds is 3. The van der Waals surface area contributed by atoms with Crippen LogP contribution in [0.5, 0.6) is 0 Å². The largest absolute Gasteiger partial charge is 0.322 e. The van der Waals surface area contributed by atoms with Gasteiger partial charge in [-0.05, 0) is 61.7 Å². The van der Waals surface area contributed by atoms with Gasteiger partial charge in [0.1, 0.15) is 11.0 Å². The maximum absolute atomic E-state index is 13.6. The van der Waals surface area contributed by atoms with Crippen molar-refractivity contribution in [2.45, 2.75) is 18.8 Å². The third-order valence-corrected chi connectivity index (χ3v) is 4.24. The zero-order chi connectivity index (χ0) is 16.2. The molecule has 4 nitrogen and oxygen atoms in total. The average Bonchev–Trinajstić information content (AvgIpc) is 2.56. The van der Waals surface area contributed by atoms with Crippen LogP contribution < -0.4 is 10.6 Å². The standard InChI is InChI=1S/C17H17ClFN3O/c18-16-9-12(5-8-21-16)17(23)22-15-10-13(19)1-2-14(15)11-3-6-20-7-4-11/h1-2,5,8-11,20H,3-4,6-7H2,(H,22,23). The molecule has 1 aromatic heterocycles. The van der Waals surface area contributed by atoms with Crippen LogP contribution in [-0.4, -0.2) is 24.0 Å². The second-order valence-electron chi connectivity index (χ2n) is 5.58. The molecule has 23 heavy (non-hydrogen) atoms. The van der Waals surface area contributed by atoms with E-state index in [1.165, 1.54) is 24.4 Å². The van der Waals surface area contributed by atoms with Gasteiger partial charge in [-0.1, -0.05) is 17.7 Å². The highest BCUT2D eigenvalue weighted by molar-refractivity contribution is 6.29. The lowest BCUT2D eigenvalue weighted by molar-refractivity contribution is 0.102. The number of amides is 1. The van der Waals surface area contributed by atoms with Crippen molar-refractivity contribution in [2.75, 3.05) is 18.4 Å². The van der Waals surface area contributed by atoms with Gasteiger partial charge in [0.25, 0.3) is 5.91 Å². The number of anilines is 1.